The second-order valence-electron chi connectivity index (χ2n) is 6.74. The molecule has 4 nitrogen and oxygen atoms in total. The summed E-state index contributed by atoms with van der Waals surface area (Å²) in [6.45, 7) is 12.0. The van der Waals surface area contributed by atoms with Crippen molar-refractivity contribution in [1.82, 2.24) is 9.80 Å². The summed E-state index contributed by atoms with van der Waals surface area (Å²) in [7, 11) is 1.89. The van der Waals surface area contributed by atoms with Gasteiger partial charge in [-0.1, -0.05) is 13.8 Å². The molecule has 0 saturated carbocycles. The van der Waals surface area contributed by atoms with Gasteiger partial charge in [-0.2, -0.15) is 0 Å². The van der Waals surface area contributed by atoms with Crippen LogP contribution in [-0.4, -0.2) is 54.5 Å². The number of carbonyl (C=O) groups excluding carboxylic acids is 1. The number of hydrogen-bond donors (Lipinski definition) is 1. The van der Waals surface area contributed by atoms with Crippen LogP contribution in [0.5, 0.6) is 0 Å². The van der Waals surface area contributed by atoms with E-state index in [-0.39, 0.29) is 16.9 Å². The molecule has 0 radical (unpaired) electrons. The Morgan fingerprint density at radius 1 is 1.33 bits per heavy atom. The zero-order chi connectivity index (χ0) is 14.0. The summed E-state index contributed by atoms with van der Waals surface area (Å²) in [5, 5.41) is 0. The van der Waals surface area contributed by atoms with Crippen molar-refractivity contribution >= 4 is 5.91 Å². The standard InChI is InChI=1S/C14H29N3O/c1-13(2,11-15)7-6-8-17-10-9-16(5)12(18)14(17,3)4/h6-11,15H2,1-5H3. The third-order valence-corrected chi connectivity index (χ3v) is 4.20. The van der Waals surface area contributed by atoms with Crippen LogP contribution in [0.1, 0.15) is 40.5 Å². The smallest absolute Gasteiger partial charge is 0.242 e. The van der Waals surface area contributed by atoms with Crippen molar-refractivity contribution in [2.45, 2.75) is 46.1 Å². The monoisotopic (exact) mass is 255 g/mol. The largest absolute Gasteiger partial charge is 0.343 e. The van der Waals surface area contributed by atoms with Crippen molar-refractivity contribution in [2.24, 2.45) is 11.1 Å². The van der Waals surface area contributed by atoms with Gasteiger partial charge in [-0.15, -0.1) is 0 Å². The molecule has 0 aromatic carbocycles. The van der Waals surface area contributed by atoms with Gasteiger partial charge in [0.25, 0.3) is 0 Å². The molecule has 0 aliphatic carbocycles. The molecule has 0 spiro atoms. The Morgan fingerprint density at radius 2 is 1.94 bits per heavy atom. The Balaban J connectivity index is 2.50. The number of likely N-dealkylation sites (N-methyl/N-ethyl adjacent to an activating group) is 1. The molecule has 1 amide bonds. The van der Waals surface area contributed by atoms with Crippen LogP contribution in [0.4, 0.5) is 0 Å². The lowest BCUT2D eigenvalue weighted by Crippen LogP contribution is -2.62. The van der Waals surface area contributed by atoms with E-state index < -0.39 is 0 Å². The number of hydrogen-bond acceptors (Lipinski definition) is 3. The van der Waals surface area contributed by atoms with Crippen molar-refractivity contribution in [3.8, 4) is 0 Å². The molecule has 18 heavy (non-hydrogen) atoms. The zero-order valence-electron chi connectivity index (χ0n) is 12.6. The van der Waals surface area contributed by atoms with Gasteiger partial charge in [0.2, 0.25) is 5.91 Å². The van der Waals surface area contributed by atoms with Gasteiger partial charge >= 0.3 is 0 Å². The molecule has 0 atom stereocenters. The Labute approximate surface area is 111 Å². The lowest BCUT2D eigenvalue weighted by molar-refractivity contribution is -0.147. The fraction of sp³-hybridized carbons (Fsp3) is 0.929. The number of amides is 1. The van der Waals surface area contributed by atoms with Crippen LogP contribution in [0.15, 0.2) is 0 Å². The summed E-state index contributed by atoms with van der Waals surface area (Å²) in [4.78, 5) is 16.3. The summed E-state index contributed by atoms with van der Waals surface area (Å²) in [6, 6.07) is 0. The average Bonchev–Trinajstić information content (AvgIpc) is 2.30. The molecule has 1 heterocycles. The first kappa shape index (κ1) is 15.4. The maximum atomic E-state index is 12.1. The van der Waals surface area contributed by atoms with Crippen LogP contribution >= 0.6 is 0 Å². The lowest BCUT2D eigenvalue weighted by atomic mass is 9.87. The minimum atomic E-state index is -0.361. The predicted molar refractivity (Wildman–Crippen MR) is 75.4 cm³/mol. The molecule has 0 unspecified atom stereocenters. The van der Waals surface area contributed by atoms with Crippen molar-refractivity contribution in [3.05, 3.63) is 0 Å². The highest BCUT2D eigenvalue weighted by Crippen LogP contribution is 2.25. The van der Waals surface area contributed by atoms with Gasteiger partial charge in [0, 0.05) is 20.1 Å². The molecule has 106 valence electrons. The number of rotatable bonds is 5. The molecule has 4 heteroatoms. The van der Waals surface area contributed by atoms with E-state index in [1.807, 2.05) is 25.8 Å². The van der Waals surface area contributed by atoms with E-state index in [1.54, 1.807) is 0 Å². The Morgan fingerprint density at radius 3 is 2.50 bits per heavy atom. The number of carbonyl (C=O) groups is 1. The van der Waals surface area contributed by atoms with Crippen LogP contribution in [-0.2, 0) is 4.79 Å². The van der Waals surface area contributed by atoms with Gasteiger partial charge in [-0.3, -0.25) is 9.69 Å². The second-order valence-corrected chi connectivity index (χ2v) is 6.74. The average molecular weight is 255 g/mol. The molecule has 0 aromatic rings. The van der Waals surface area contributed by atoms with Crippen molar-refractivity contribution < 1.29 is 4.79 Å². The third kappa shape index (κ3) is 3.45. The van der Waals surface area contributed by atoms with E-state index in [1.165, 1.54) is 0 Å². The SMILES string of the molecule is CN1CCN(CCCC(C)(C)CN)C(C)(C)C1=O. The summed E-state index contributed by atoms with van der Waals surface area (Å²) in [6.07, 6.45) is 2.21. The van der Waals surface area contributed by atoms with Gasteiger partial charge < -0.3 is 10.6 Å². The van der Waals surface area contributed by atoms with Crippen LogP contribution < -0.4 is 5.73 Å². The summed E-state index contributed by atoms with van der Waals surface area (Å²) < 4.78 is 0. The van der Waals surface area contributed by atoms with Crippen LogP contribution in [0, 0.1) is 5.41 Å². The molecular weight excluding hydrogens is 226 g/mol. The fourth-order valence-corrected chi connectivity index (χ4v) is 2.50. The van der Waals surface area contributed by atoms with E-state index in [9.17, 15) is 4.79 Å². The molecular formula is C14H29N3O. The first-order valence-corrected chi connectivity index (χ1v) is 6.91. The van der Waals surface area contributed by atoms with Gasteiger partial charge in [-0.05, 0) is 45.2 Å². The van der Waals surface area contributed by atoms with Crippen LogP contribution in [0.2, 0.25) is 0 Å². The fourth-order valence-electron chi connectivity index (χ4n) is 2.50. The van der Waals surface area contributed by atoms with Crippen molar-refractivity contribution in [3.63, 3.8) is 0 Å². The van der Waals surface area contributed by atoms with E-state index >= 15 is 0 Å². The zero-order valence-corrected chi connectivity index (χ0v) is 12.6. The predicted octanol–water partition coefficient (Wildman–Crippen LogP) is 1.30. The molecule has 2 N–H and O–H groups in total. The van der Waals surface area contributed by atoms with Crippen molar-refractivity contribution in [1.29, 1.82) is 0 Å². The van der Waals surface area contributed by atoms with Crippen LogP contribution in [0.3, 0.4) is 0 Å². The Bertz CT molecular complexity index is 299. The van der Waals surface area contributed by atoms with E-state index in [0.717, 1.165) is 39.0 Å². The number of nitrogens with zero attached hydrogens (tertiary/aromatic N) is 2. The summed E-state index contributed by atoms with van der Waals surface area (Å²) >= 11 is 0. The quantitative estimate of drug-likeness (QED) is 0.805. The Kier molecular flexibility index (Phi) is 4.78. The highest BCUT2D eigenvalue weighted by molar-refractivity contribution is 5.86. The molecule has 1 saturated heterocycles. The summed E-state index contributed by atoms with van der Waals surface area (Å²) in [5.74, 6) is 0.229. The minimum Gasteiger partial charge on any atom is -0.343 e. The number of piperazine rings is 1. The van der Waals surface area contributed by atoms with E-state index in [4.69, 9.17) is 5.73 Å². The van der Waals surface area contributed by atoms with E-state index in [2.05, 4.69) is 18.7 Å². The lowest BCUT2D eigenvalue weighted by Gasteiger charge is -2.45. The second kappa shape index (κ2) is 5.57. The van der Waals surface area contributed by atoms with Gasteiger partial charge in [0.1, 0.15) is 0 Å². The highest BCUT2D eigenvalue weighted by Gasteiger charge is 2.39. The molecule has 1 aliphatic rings. The summed E-state index contributed by atoms with van der Waals surface area (Å²) in [5.41, 5.74) is 5.59. The topological polar surface area (TPSA) is 49.6 Å². The van der Waals surface area contributed by atoms with E-state index in [0.29, 0.717) is 0 Å². The first-order chi connectivity index (χ1) is 8.20. The molecule has 1 aliphatic heterocycles. The van der Waals surface area contributed by atoms with Crippen molar-refractivity contribution in [2.75, 3.05) is 33.2 Å². The molecule has 0 aromatic heterocycles. The molecule has 0 bridgehead atoms. The normalized spacial score (nSPS) is 21.4. The van der Waals surface area contributed by atoms with Gasteiger partial charge in [0.15, 0.2) is 0 Å². The maximum absolute atomic E-state index is 12.1. The Hall–Kier alpha value is -0.610. The van der Waals surface area contributed by atoms with Gasteiger partial charge in [0.05, 0.1) is 5.54 Å². The highest BCUT2D eigenvalue weighted by atomic mass is 16.2. The molecule has 1 rings (SSSR count). The third-order valence-electron chi connectivity index (χ3n) is 4.20. The maximum Gasteiger partial charge on any atom is 0.242 e. The van der Waals surface area contributed by atoms with Crippen LogP contribution in [0.25, 0.3) is 0 Å². The van der Waals surface area contributed by atoms with Gasteiger partial charge in [-0.25, -0.2) is 0 Å². The first-order valence-electron chi connectivity index (χ1n) is 6.91. The molecule has 1 fully saturated rings. The number of nitrogens with two attached hydrogens (primary N) is 1. The minimum absolute atomic E-state index is 0.209.